The topological polar surface area (TPSA) is 111 Å². The molecule has 3 rings (SSSR count). The second kappa shape index (κ2) is 6.48. The number of amides is 1. The molecule has 1 spiro atoms. The van der Waals surface area contributed by atoms with Crippen LogP contribution in [-0.4, -0.2) is 50.3 Å². The lowest BCUT2D eigenvalue weighted by Crippen LogP contribution is -2.58. The summed E-state index contributed by atoms with van der Waals surface area (Å²) in [7, 11) is -3.85. The van der Waals surface area contributed by atoms with Crippen LogP contribution in [0.4, 0.5) is 18.9 Å². The zero-order valence-electron chi connectivity index (χ0n) is 14.3. The minimum Gasteiger partial charge on any atom is -0.386 e. The Labute approximate surface area is 153 Å². The Morgan fingerprint density at radius 2 is 2.11 bits per heavy atom. The third-order valence-electron chi connectivity index (χ3n) is 4.90. The van der Waals surface area contributed by atoms with E-state index in [1.165, 1.54) is 6.92 Å². The lowest BCUT2D eigenvalue weighted by Gasteiger charge is -2.39. The number of hydrogen-bond acceptors (Lipinski definition) is 6. The van der Waals surface area contributed by atoms with Crippen LogP contribution in [0.25, 0.3) is 0 Å². The van der Waals surface area contributed by atoms with E-state index in [4.69, 9.17) is 10.5 Å². The first kappa shape index (κ1) is 19.6. The van der Waals surface area contributed by atoms with E-state index < -0.39 is 44.0 Å². The highest BCUT2D eigenvalue weighted by atomic mass is 32.2. The summed E-state index contributed by atoms with van der Waals surface area (Å²) in [5.41, 5.74) is 4.12. The number of anilines is 1. The van der Waals surface area contributed by atoms with Gasteiger partial charge in [0.2, 0.25) is 0 Å². The van der Waals surface area contributed by atoms with E-state index in [0.29, 0.717) is 0 Å². The van der Waals surface area contributed by atoms with Crippen molar-refractivity contribution in [1.82, 2.24) is 0 Å². The van der Waals surface area contributed by atoms with Gasteiger partial charge in [0.1, 0.15) is 17.2 Å². The Morgan fingerprint density at radius 3 is 2.67 bits per heavy atom. The highest BCUT2D eigenvalue weighted by Gasteiger charge is 2.57. The number of halogens is 3. The second-order valence-corrected chi connectivity index (χ2v) is 9.11. The normalized spacial score (nSPS) is 29.7. The van der Waals surface area contributed by atoms with Gasteiger partial charge < -0.3 is 15.8 Å². The van der Waals surface area contributed by atoms with E-state index in [1.807, 2.05) is 5.32 Å². The maximum Gasteiger partial charge on any atom is 0.315 e. The van der Waals surface area contributed by atoms with Crippen LogP contribution in [0.15, 0.2) is 23.2 Å². The Hall–Kier alpha value is -2.14. The highest BCUT2D eigenvalue weighted by Crippen LogP contribution is 2.41. The molecule has 0 radical (unpaired) electrons. The van der Waals surface area contributed by atoms with Gasteiger partial charge in [0.05, 0.1) is 12.4 Å². The Morgan fingerprint density at radius 1 is 1.41 bits per heavy atom. The van der Waals surface area contributed by atoms with Gasteiger partial charge in [0.25, 0.3) is 5.91 Å². The van der Waals surface area contributed by atoms with E-state index in [1.54, 1.807) is 0 Å². The fourth-order valence-electron chi connectivity index (χ4n) is 3.41. The molecule has 2 heterocycles. The van der Waals surface area contributed by atoms with Crippen LogP contribution in [-0.2, 0) is 24.9 Å². The van der Waals surface area contributed by atoms with Gasteiger partial charge in [-0.2, -0.15) is 8.78 Å². The van der Waals surface area contributed by atoms with Crippen molar-refractivity contribution in [3.8, 4) is 0 Å². The molecule has 0 aliphatic carbocycles. The minimum atomic E-state index is -3.85. The van der Waals surface area contributed by atoms with Crippen molar-refractivity contribution >= 4 is 27.3 Å². The number of rotatable bonds is 3. The zero-order valence-corrected chi connectivity index (χ0v) is 15.2. The van der Waals surface area contributed by atoms with Crippen LogP contribution < -0.4 is 11.1 Å². The van der Waals surface area contributed by atoms with Crippen LogP contribution in [0.1, 0.15) is 18.9 Å². The molecule has 3 N–H and O–H groups in total. The number of nitrogens with one attached hydrogen (secondary N) is 1. The molecule has 1 amide bonds. The fourth-order valence-corrected chi connectivity index (χ4v) is 5.67. The van der Waals surface area contributed by atoms with E-state index in [9.17, 15) is 26.4 Å². The van der Waals surface area contributed by atoms with Crippen molar-refractivity contribution in [1.29, 1.82) is 0 Å². The van der Waals surface area contributed by atoms with Gasteiger partial charge in [-0.15, -0.1) is 0 Å². The number of benzene rings is 1. The van der Waals surface area contributed by atoms with Gasteiger partial charge in [-0.05, 0) is 31.5 Å². The summed E-state index contributed by atoms with van der Waals surface area (Å²) in [6.07, 6.45) is -3.09. The first-order chi connectivity index (χ1) is 12.5. The fraction of sp³-hybridized carbons (Fsp3) is 0.500. The number of ether oxygens (including phenoxy) is 1. The lowest BCUT2D eigenvalue weighted by atomic mass is 9.92. The number of nitrogens with zero attached hydrogens (tertiary/aromatic N) is 1. The maximum absolute atomic E-state index is 14.5. The lowest BCUT2D eigenvalue weighted by molar-refractivity contribution is -0.126. The first-order valence-corrected chi connectivity index (χ1v) is 9.71. The maximum atomic E-state index is 14.5. The molecular formula is C16H18F3N3O4S. The van der Waals surface area contributed by atoms with Crippen LogP contribution >= 0.6 is 0 Å². The molecule has 11 heteroatoms. The van der Waals surface area contributed by atoms with Gasteiger partial charge in [-0.1, -0.05) is 0 Å². The third-order valence-corrected chi connectivity index (χ3v) is 7.56. The molecule has 1 fully saturated rings. The molecule has 0 bridgehead atoms. The van der Waals surface area contributed by atoms with Crippen molar-refractivity contribution in [2.45, 2.75) is 30.1 Å². The number of amidine groups is 1. The molecular weight excluding hydrogens is 387 g/mol. The van der Waals surface area contributed by atoms with Crippen molar-refractivity contribution in [2.75, 3.05) is 24.3 Å². The van der Waals surface area contributed by atoms with Crippen LogP contribution in [0.3, 0.4) is 0 Å². The number of carbonyl (C=O) groups is 1. The third kappa shape index (κ3) is 3.18. The summed E-state index contributed by atoms with van der Waals surface area (Å²) in [4.78, 5) is 15.4. The van der Waals surface area contributed by atoms with Crippen molar-refractivity contribution in [3.05, 3.63) is 29.6 Å². The molecule has 0 saturated carbocycles. The molecule has 7 nitrogen and oxygen atoms in total. The number of aliphatic imine (C=N–C) groups is 1. The Kier molecular flexibility index (Phi) is 4.71. The number of hydrogen-bond donors (Lipinski definition) is 2. The molecule has 0 unspecified atom stereocenters. The van der Waals surface area contributed by atoms with Crippen LogP contribution in [0.5, 0.6) is 0 Å². The molecule has 2 aliphatic rings. The van der Waals surface area contributed by atoms with Crippen LogP contribution in [0, 0.1) is 5.82 Å². The smallest absolute Gasteiger partial charge is 0.315 e. The second-order valence-electron chi connectivity index (χ2n) is 6.81. The molecule has 2 aliphatic heterocycles. The van der Waals surface area contributed by atoms with Crippen molar-refractivity contribution in [2.24, 2.45) is 10.7 Å². The number of nitrogens with two attached hydrogens (primary N) is 1. The predicted octanol–water partition coefficient (Wildman–Crippen LogP) is 1.19. The molecule has 2 atom stereocenters. The van der Waals surface area contributed by atoms with Crippen molar-refractivity contribution < 1.29 is 31.1 Å². The van der Waals surface area contributed by atoms with Gasteiger partial charge in [0, 0.05) is 17.9 Å². The SMILES string of the molecule is C[C@@]1(c2cc(NC(=O)C(F)F)ccc2F)CS(=O)(=O)[C@]2(CCOC2)C(N)=N1. The van der Waals surface area contributed by atoms with E-state index in [2.05, 4.69) is 4.99 Å². The monoisotopic (exact) mass is 405 g/mol. The van der Waals surface area contributed by atoms with Gasteiger partial charge >= 0.3 is 6.43 Å². The summed E-state index contributed by atoms with van der Waals surface area (Å²) >= 11 is 0. The molecule has 27 heavy (non-hydrogen) atoms. The largest absolute Gasteiger partial charge is 0.386 e. The number of sulfone groups is 1. The average Bonchev–Trinajstić information content (AvgIpc) is 3.06. The highest BCUT2D eigenvalue weighted by molar-refractivity contribution is 7.93. The van der Waals surface area contributed by atoms with Gasteiger partial charge in [-0.3, -0.25) is 9.79 Å². The molecule has 1 saturated heterocycles. The summed E-state index contributed by atoms with van der Waals surface area (Å²) in [6, 6.07) is 3.13. The van der Waals surface area contributed by atoms with E-state index in [-0.39, 0.29) is 36.7 Å². The molecule has 1 aromatic carbocycles. The minimum absolute atomic E-state index is 0.103. The molecule has 1 aromatic rings. The number of alkyl halides is 2. The predicted molar refractivity (Wildman–Crippen MR) is 92.0 cm³/mol. The van der Waals surface area contributed by atoms with Crippen LogP contribution in [0.2, 0.25) is 0 Å². The number of carbonyl (C=O) groups excluding carboxylic acids is 1. The summed E-state index contributed by atoms with van der Waals surface area (Å²) in [6.45, 7) is 1.49. The summed E-state index contributed by atoms with van der Waals surface area (Å²) in [5.74, 6) is -3.06. The quantitative estimate of drug-likeness (QED) is 0.785. The Bertz CT molecular complexity index is 913. The van der Waals surface area contributed by atoms with E-state index in [0.717, 1.165) is 18.2 Å². The van der Waals surface area contributed by atoms with Crippen molar-refractivity contribution in [3.63, 3.8) is 0 Å². The van der Waals surface area contributed by atoms with Gasteiger partial charge in [0.15, 0.2) is 14.6 Å². The summed E-state index contributed by atoms with van der Waals surface area (Å²) < 4.78 is 69.0. The molecule has 148 valence electrons. The van der Waals surface area contributed by atoms with Gasteiger partial charge in [-0.25, -0.2) is 12.8 Å². The Balaban J connectivity index is 2.05. The molecule has 0 aromatic heterocycles. The summed E-state index contributed by atoms with van der Waals surface area (Å²) in [5, 5.41) is 1.94. The average molecular weight is 405 g/mol. The zero-order chi connectivity index (χ0) is 20.0. The first-order valence-electron chi connectivity index (χ1n) is 8.06. The van der Waals surface area contributed by atoms with E-state index >= 15 is 0 Å². The standard InChI is InChI=1S/C16H18F3N3O4S/c1-15(8-27(24,25)16(14(20)22-15)4-5-26-7-16)10-6-9(2-3-11(10)17)21-13(23)12(18)19/h2-3,6,12H,4-5,7-8H2,1H3,(H2,20,22)(H,21,23)/t15-,16-/m0/s1.